The second-order valence-corrected chi connectivity index (χ2v) is 11.6. The van der Waals surface area contributed by atoms with Gasteiger partial charge in [-0.25, -0.2) is 0 Å². The molecule has 0 aliphatic heterocycles. The van der Waals surface area contributed by atoms with Gasteiger partial charge in [-0.05, 0) is 48.7 Å². The largest absolute Gasteiger partial charge is 0.417 e. The van der Waals surface area contributed by atoms with Gasteiger partial charge in [0, 0.05) is 11.6 Å². The molecule has 0 atom stereocenters. The van der Waals surface area contributed by atoms with Gasteiger partial charge in [0.15, 0.2) is 8.32 Å². The maximum absolute atomic E-state index is 6.15. The summed E-state index contributed by atoms with van der Waals surface area (Å²) in [5, 5.41) is 1.10. The van der Waals surface area contributed by atoms with E-state index in [1.54, 1.807) is 0 Å². The number of rotatable bonds is 5. The van der Waals surface area contributed by atoms with Gasteiger partial charge < -0.3 is 4.43 Å². The summed E-state index contributed by atoms with van der Waals surface area (Å²) in [6.45, 7) is 12.3. The first-order valence-corrected chi connectivity index (χ1v) is 9.89. The van der Waals surface area contributed by atoms with Crippen LogP contribution in [0.15, 0.2) is 24.3 Å². The molecule has 0 fully saturated rings. The van der Waals surface area contributed by atoms with Crippen LogP contribution in [-0.2, 0) is 10.8 Å². The number of hydrogen-bond acceptors (Lipinski definition) is 1. The molecule has 1 aromatic carbocycles. The van der Waals surface area contributed by atoms with E-state index in [0.29, 0.717) is 5.04 Å². The molecule has 0 N–H and O–H groups in total. The molecular weight excluding hydrogens is 260 g/mol. The first kappa shape index (κ1) is 15.7. The molecule has 0 spiro atoms. The van der Waals surface area contributed by atoms with E-state index in [2.05, 4.69) is 46.0 Å². The summed E-state index contributed by atoms with van der Waals surface area (Å²) in [7, 11) is -1.57. The zero-order chi connectivity index (χ0) is 13.8. The summed E-state index contributed by atoms with van der Waals surface area (Å²) in [5.41, 5.74) is 1.33. The van der Waals surface area contributed by atoms with E-state index >= 15 is 0 Å². The van der Waals surface area contributed by atoms with Crippen LogP contribution in [0.2, 0.25) is 23.2 Å². The third-order valence-corrected chi connectivity index (χ3v) is 8.58. The zero-order valence-electron chi connectivity index (χ0n) is 12.2. The molecule has 1 nitrogen and oxygen atoms in total. The fraction of sp³-hybridized carbons (Fsp3) is 0.600. The standard InChI is InChI=1S/C15H25ClOSi/c1-15(2,3)18(4,5)17-12-6-7-13-8-10-14(16)11-9-13/h8-11H,6-7,12H2,1-5H3. The lowest BCUT2D eigenvalue weighted by molar-refractivity contribution is 0.282. The smallest absolute Gasteiger partial charge is 0.191 e. The van der Waals surface area contributed by atoms with E-state index in [9.17, 15) is 0 Å². The molecule has 1 aromatic rings. The molecule has 102 valence electrons. The number of aryl methyl sites for hydroxylation is 1. The SMILES string of the molecule is CC(C)(C)[Si](C)(C)OCCCc1ccc(Cl)cc1. The lowest BCUT2D eigenvalue weighted by Crippen LogP contribution is -2.41. The van der Waals surface area contributed by atoms with Gasteiger partial charge in [-0.15, -0.1) is 0 Å². The van der Waals surface area contributed by atoms with Crippen LogP contribution < -0.4 is 0 Å². The topological polar surface area (TPSA) is 9.23 Å². The zero-order valence-corrected chi connectivity index (χ0v) is 14.0. The summed E-state index contributed by atoms with van der Waals surface area (Å²) >= 11 is 5.86. The van der Waals surface area contributed by atoms with Crippen molar-refractivity contribution in [3.63, 3.8) is 0 Å². The minimum Gasteiger partial charge on any atom is -0.417 e. The maximum atomic E-state index is 6.15. The van der Waals surface area contributed by atoms with E-state index in [-0.39, 0.29) is 0 Å². The molecule has 0 aliphatic carbocycles. The Labute approximate surface area is 118 Å². The highest BCUT2D eigenvalue weighted by atomic mass is 35.5. The molecule has 0 unspecified atom stereocenters. The maximum Gasteiger partial charge on any atom is 0.191 e. The van der Waals surface area contributed by atoms with E-state index in [0.717, 1.165) is 24.5 Å². The highest BCUT2D eigenvalue weighted by Crippen LogP contribution is 2.36. The molecule has 0 aromatic heterocycles. The van der Waals surface area contributed by atoms with Gasteiger partial charge in [0.2, 0.25) is 0 Å². The Morgan fingerprint density at radius 2 is 1.67 bits per heavy atom. The van der Waals surface area contributed by atoms with Crippen molar-refractivity contribution in [3.8, 4) is 0 Å². The van der Waals surface area contributed by atoms with Crippen LogP contribution in [0.4, 0.5) is 0 Å². The molecule has 0 radical (unpaired) electrons. The van der Waals surface area contributed by atoms with Gasteiger partial charge in [0.1, 0.15) is 0 Å². The Hall–Kier alpha value is -0.313. The summed E-state index contributed by atoms with van der Waals surface area (Å²) in [6, 6.07) is 8.08. The van der Waals surface area contributed by atoms with Crippen molar-refractivity contribution in [2.24, 2.45) is 0 Å². The minimum atomic E-state index is -1.57. The average molecular weight is 285 g/mol. The minimum absolute atomic E-state index is 0.299. The van der Waals surface area contributed by atoms with Crippen molar-refractivity contribution in [3.05, 3.63) is 34.9 Å². The third kappa shape index (κ3) is 4.75. The molecule has 0 amide bonds. The molecule has 0 saturated carbocycles. The first-order chi connectivity index (χ1) is 8.22. The van der Waals surface area contributed by atoms with Crippen LogP contribution >= 0.6 is 11.6 Å². The van der Waals surface area contributed by atoms with Crippen molar-refractivity contribution in [1.82, 2.24) is 0 Å². The van der Waals surface area contributed by atoms with Crippen LogP contribution in [-0.4, -0.2) is 14.9 Å². The second-order valence-electron chi connectivity index (χ2n) is 6.34. The van der Waals surface area contributed by atoms with E-state index in [1.165, 1.54) is 5.56 Å². The summed E-state index contributed by atoms with van der Waals surface area (Å²) in [6.07, 6.45) is 2.14. The van der Waals surface area contributed by atoms with Crippen LogP contribution in [0.1, 0.15) is 32.8 Å². The van der Waals surface area contributed by atoms with Crippen LogP contribution in [0.5, 0.6) is 0 Å². The van der Waals surface area contributed by atoms with Gasteiger partial charge in [-0.1, -0.05) is 44.5 Å². The predicted molar refractivity (Wildman–Crippen MR) is 82.9 cm³/mol. The lowest BCUT2D eigenvalue weighted by atomic mass is 10.1. The van der Waals surface area contributed by atoms with E-state index < -0.39 is 8.32 Å². The quantitative estimate of drug-likeness (QED) is 0.527. The number of hydrogen-bond donors (Lipinski definition) is 0. The molecule has 3 heteroatoms. The Balaban J connectivity index is 2.33. The normalized spacial score (nSPS) is 12.8. The van der Waals surface area contributed by atoms with Gasteiger partial charge in [0.25, 0.3) is 0 Å². The van der Waals surface area contributed by atoms with E-state index in [4.69, 9.17) is 16.0 Å². The van der Waals surface area contributed by atoms with Gasteiger partial charge in [0.05, 0.1) is 0 Å². The van der Waals surface area contributed by atoms with Gasteiger partial charge in [-0.2, -0.15) is 0 Å². The van der Waals surface area contributed by atoms with Crippen molar-refractivity contribution >= 4 is 19.9 Å². The fourth-order valence-electron chi connectivity index (χ4n) is 1.47. The van der Waals surface area contributed by atoms with Crippen molar-refractivity contribution in [2.75, 3.05) is 6.61 Å². The monoisotopic (exact) mass is 284 g/mol. The highest BCUT2D eigenvalue weighted by Gasteiger charge is 2.36. The molecule has 1 rings (SSSR count). The van der Waals surface area contributed by atoms with Crippen LogP contribution in [0.25, 0.3) is 0 Å². The Kier molecular flexibility index (Phi) is 5.44. The average Bonchev–Trinajstić information content (AvgIpc) is 2.25. The number of benzene rings is 1. The van der Waals surface area contributed by atoms with E-state index in [1.807, 2.05) is 12.1 Å². The molecule has 0 bridgehead atoms. The summed E-state index contributed by atoms with van der Waals surface area (Å²) in [5.74, 6) is 0. The second kappa shape index (κ2) is 6.22. The molecule has 18 heavy (non-hydrogen) atoms. The third-order valence-electron chi connectivity index (χ3n) is 3.79. The van der Waals surface area contributed by atoms with Crippen LogP contribution in [0.3, 0.4) is 0 Å². The molecule has 0 saturated heterocycles. The summed E-state index contributed by atoms with van der Waals surface area (Å²) < 4.78 is 6.15. The Bertz CT molecular complexity index is 365. The molecule has 0 heterocycles. The molecule has 0 aliphatic rings. The predicted octanol–water partition coefficient (Wildman–Crippen LogP) is 5.29. The molecular formula is C15H25ClOSi. The van der Waals surface area contributed by atoms with Gasteiger partial charge in [-0.3, -0.25) is 0 Å². The fourth-order valence-corrected chi connectivity index (χ4v) is 2.68. The number of halogens is 1. The van der Waals surface area contributed by atoms with Crippen molar-refractivity contribution < 1.29 is 4.43 Å². The Morgan fingerprint density at radius 3 is 2.17 bits per heavy atom. The highest BCUT2D eigenvalue weighted by molar-refractivity contribution is 6.74. The Morgan fingerprint density at radius 1 is 1.11 bits per heavy atom. The van der Waals surface area contributed by atoms with Crippen molar-refractivity contribution in [2.45, 2.75) is 51.7 Å². The first-order valence-electron chi connectivity index (χ1n) is 6.61. The summed E-state index contributed by atoms with van der Waals surface area (Å²) in [4.78, 5) is 0. The van der Waals surface area contributed by atoms with Crippen LogP contribution in [0, 0.1) is 0 Å². The van der Waals surface area contributed by atoms with Crippen molar-refractivity contribution in [1.29, 1.82) is 0 Å². The van der Waals surface area contributed by atoms with Gasteiger partial charge >= 0.3 is 0 Å². The lowest BCUT2D eigenvalue weighted by Gasteiger charge is -2.36.